The lowest BCUT2D eigenvalue weighted by Gasteiger charge is -2.33. The molecule has 1 atom stereocenters. The quantitative estimate of drug-likeness (QED) is 0.846. The van der Waals surface area contributed by atoms with Gasteiger partial charge in [0.05, 0.1) is 6.54 Å². The second-order valence-electron chi connectivity index (χ2n) is 8.08. The molecule has 0 aliphatic carbocycles. The van der Waals surface area contributed by atoms with E-state index in [1.165, 1.54) is 5.56 Å². The summed E-state index contributed by atoms with van der Waals surface area (Å²) in [4.78, 5) is 28.1. The van der Waals surface area contributed by atoms with Gasteiger partial charge in [-0.1, -0.05) is 6.07 Å². The first-order valence-electron chi connectivity index (χ1n) is 10.2. The van der Waals surface area contributed by atoms with Crippen LogP contribution >= 0.6 is 0 Å². The molecule has 2 aliphatic heterocycles. The Labute approximate surface area is 170 Å². The van der Waals surface area contributed by atoms with Gasteiger partial charge in [0, 0.05) is 44.7 Å². The number of aromatic nitrogens is 3. The van der Waals surface area contributed by atoms with E-state index < -0.39 is 0 Å². The molecule has 1 fully saturated rings. The zero-order chi connectivity index (χ0) is 20.5. The van der Waals surface area contributed by atoms with Crippen molar-refractivity contribution < 1.29 is 9.59 Å². The summed E-state index contributed by atoms with van der Waals surface area (Å²) >= 11 is 0. The third-order valence-electron chi connectivity index (χ3n) is 6.06. The number of piperidine rings is 1. The minimum absolute atomic E-state index is 0.113. The number of hydrogen-bond donors (Lipinski definition) is 1. The lowest BCUT2D eigenvalue weighted by molar-refractivity contribution is -0.130. The standard InChI is InChI=1S/C21H28N6O2/c1-14-6-7-18(11-15(14)2)22-21(29)26-9-10-27-19(13-26)23-24-20(27)17-5-4-8-25(12-17)16(3)28/h6-7,11,17H,4-5,8-10,12-13H2,1-3H3,(H,22,29). The van der Waals surface area contributed by atoms with Crippen LogP contribution in [0.4, 0.5) is 10.5 Å². The molecule has 2 aliphatic rings. The molecule has 1 N–H and O–H groups in total. The molecule has 154 valence electrons. The van der Waals surface area contributed by atoms with Gasteiger partial charge in [0.1, 0.15) is 5.82 Å². The van der Waals surface area contributed by atoms with E-state index in [4.69, 9.17) is 0 Å². The van der Waals surface area contributed by atoms with Crippen LogP contribution in [-0.4, -0.2) is 56.1 Å². The highest BCUT2D eigenvalue weighted by Crippen LogP contribution is 2.28. The number of benzene rings is 1. The van der Waals surface area contributed by atoms with E-state index in [-0.39, 0.29) is 17.9 Å². The number of nitrogens with one attached hydrogen (secondary N) is 1. The average molecular weight is 396 g/mol. The van der Waals surface area contributed by atoms with Gasteiger partial charge in [-0.25, -0.2) is 4.79 Å². The Kier molecular flexibility index (Phi) is 5.25. The number of anilines is 1. The summed E-state index contributed by atoms with van der Waals surface area (Å²) in [6.07, 6.45) is 2.00. The van der Waals surface area contributed by atoms with E-state index in [1.54, 1.807) is 11.8 Å². The Balaban J connectivity index is 1.43. The maximum Gasteiger partial charge on any atom is 0.322 e. The molecule has 1 unspecified atom stereocenters. The minimum Gasteiger partial charge on any atom is -0.342 e. The zero-order valence-electron chi connectivity index (χ0n) is 17.3. The Morgan fingerprint density at radius 3 is 2.66 bits per heavy atom. The second-order valence-corrected chi connectivity index (χ2v) is 8.08. The van der Waals surface area contributed by atoms with Gasteiger partial charge < -0.3 is 19.7 Å². The number of likely N-dealkylation sites (tertiary alicyclic amines) is 1. The molecule has 1 aromatic carbocycles. The predicted octanol–water partition coefficient (Wildman–Crippen LogP) is 2.67. The van der Waals surface area contributed by atoms with E-state index in [2.05, 4.69) is 27.0 Å². The molecular formula is C21H28N6O2. The first-order valence-corrected chi connectivity index (χ1v) is 10.2. The molecule has 0 spiro atoms. The highest BCUT2D eigenvalue weighted by molar-refractivity contribution is 5.89. The van der Waals surface area contributed by atoms with Crippen molar-refractivity contribution in [1.82, 2.24) is 24.6 Å². The number of fused-ring (bicyclic) bond motifs is 1. The Hall–Kier alpha value is -2.90. The third-order valence-corrected chi connectivity index (χ3v) is 6.06. The molecule has 29 heavy (non-hydrogen) atoms. The van der Waals surface area contributed by atoms with Crippen molar-refractivity contribution in [3.8, 4) is 0 Å². The molecule has 4 rings (SSSR count). The highest BCUT2D eigenvalue weighted by Gasteiger charge is 2.31. The van der Waals surface area contributed by atoms with Crippen LogP contribution in [0.1, 0.15) is 48.5 Å². The van der Waals surface area contributed by atoms with Gasteiger partial charge in [0.15, 0.2) is 5.82 Å². The van der Waals surface area contributed by atoms with Crippen LogP contribution in [0.2, 0.25) is 0 Å². The number of nitrogens with zero attached hydrogens (tertiary/aromatic N) is 5. The van der Waals surface area contributed by atoms with Crippen LogP contribution in [0.15, 0.2) is 18.2 Å². The van der Waals surface area contributed by atoms with Crippen molar-refractivity contribution in [1.29, 1.82) is 0 Å². The lowest BCUT2D eigenvalue weighted by Crippen LogP contribution is -2.42. The van der Waals surface area contributed by atoms with Gasteiger partial charge in [-0.05, 0) is 49.9 Å². The summed E-state index contributed by atoms with van der Waals surface area (Å²) in [5.41, 5.74) is 3.16. The van der Waals surface area contributed by atoms with Crippen LogP contribution < -0.4 is 5.32 Å². The molecule has 8 nitrogen and oxygen atoms in total. The topological polar surface area (TPSA) is 83.4 Å². The van der Waals surface area contributed by atoms with Crippen molar-refractivity contribution in [2.75, 3.05) is 25.0 Å². The average Bonchev–Trinajstić information content (AvgIpc) is 3.14. The van der Waals surface area contributed by atoms with Crippen molar-refractivity contribution in [2.45, 2.75) is 52.6 Å². The van der Waals surface area contributed by atoms with E-state index in [1.807, 2.05) is 30.0 Å². The van der Waals surface area contributed by atoms with E-state index in [0.717, 1.165) is 42.3 Å². The summed E-state index contributed by atoms with van der Waals surface area (Å²) in [6, 6.07) is 5.80. The summed E-state index contributed by atoms with van der Waals surface area (Å²) in [6.45, 7) is 8.95. The molecule has 2 aromatic rings. The van der Waals surface area contributed by atoms with Crippen LogP contribution in [0.3, 0.4) is 0 Å². The molecule has 8 heteroatoms. The number of amides is 3. The number of carbonyl (C=O) groups is 2. The van der Waals surface area contributed by atoms with Crippen molar-refractivity contribution in [3.63, 3.8) is 0 Å². The monoisotopic (exact) mass is 396 g/mol. The smallest absolute Gasteiger partial charge is 0.322 e. The number of urea groups is 1. The number of aryl methyl sites for hydroxylation is 2. The minimum atomic E-state index is -0.121. The van der Waals surface area contributed by atoms with Gasteiger partial charge in [0.25, 0.3) is 0 Å². The first kappa shape index (κ1) is 19.4. The number of carbonyl (C=O) groups excluding carboxylic acids is 2. The summed E-state index contributed by atoms with van der Waals surface area (Å²) < 4.78 is 2.13. The van der Waals surface area contributed by atoms with Crippen LogP contribution in [-0.2, 0) is 17.9 Å². The van der Waals surface area contributed by atoms with Gasteiger partial charge >= 0.3 is 6.03 Å². The molecule has 0 bridgehead atoms. The fraction of sp³-hybridized carbons (Fsp3) is 0.524. The Morgan fingerprint density at radius 1 is 1.07 bits per heavy atom. The molecule has 0 saturated carbocycles. The molecule has 1 saturated heterocycles. The lowest BCUT2D eigenvalue weighted by atomic mass is 9.97. The van der Waals surface area contributed by atoms with Gasteiger partial charge in [-0.15, -0.1) is 10.2 Å². The van der Waals surface area contributed by atoms with E-state index >= 15 is 0 Å². The Morgan fingerprint density at radius 2 is 1.90 bits per heavy atom. The molecule has 1 aromatic heterocycles. The number of hydrogen-bond acceptors (Lipinski definition) is 4. The second kappa shape index (κ2) is 7.85. The SMILES string of the molecule is CC(=O)N1CCCC(c2nnc3n2CCN(C(=O)Nc2ccc(C)c(C)c2)C3)C1. The summed E-state index contributed by atoms with van der Waals surface area (Å²) in [5.74, 6) is 2.08. The van der Waals surface area contributed by atoms with Crippen LogP contribution in [0.25, 0.3) is 0 Å². The molecule has 3 heterocycles. The Bertz CT molecular complexity index is 937. The maximum absolute atomic E-state index is 12.7. The molecule has 0 radical (unpaired) electrons. The van der Waals surface area contributed by atoms with Crippen LogP contribution in [0, 0.1) is 13.8 Å². The normalized spacial score (nSPS) is 19.1. The van der Waals surface area contributed by atoms with E-state index in [9.17, 15) is 9.59 Å². The van der Waals surface area contributed by atoms with Crippen LogP contribution in [0.5, 0.6) is 0 Å². The van der Waals surface area contributed by atoms with Crippen molar-refractivity contribution in [2.24, 2.45) is 0 Å². The zero-order valence-corrected chi connectivity index (χ0v) is 17.3. The third kappa shape index (κ3) is 3.97. The highest BCUT2D eigenvalue weighted by atomic mass is 16.2. The van der Waals surface area contributed by atoms with Gasteiger partial charge in [0.2, 0.25) is 5.91 Å². The predicted molar refractivity (Wildman–Crippen MR) is 110 cm³/mol. The maximum atomic E-state index is 12.7. The molecule has 3 amide bonds. The largest absolute Gasteiger partial charge is 0.342 e. The fourth-order valence-corrected chi connectivity index (χ4v) is 4.15. The number of rotatable bonds is 2. The first-order chi connectivity index (χ1) is 13.9. The fourth-order valence-electron chi connectivity index (χ4n) is 4.15. The van der Waals surface area contributed by atoms with Crippen molar-refractivity contribution in [3.05, 3.63) is 41.0 Å². The summed E-state index contributed by atoms with van der Waals surface area (Å²) in [7, 11) is 0. The van der Waals surface area contributed by atoms with E-state index in [0.29, 0.717) is 26.2 Å². The molecular weight excluding hydrogens is 368 g/mol. The summed E-state index contributed by atoms with van der Waals surface area (Å²) in [5, 5.41) is 11.8. The van der Waals surface area contributed by atoms with Crippen molar-refractivity contribution >= 4 is 17.6 Å². The van der Waals surface area contributed by atoms with Gasteiger partial charge in [-0.3, -0.25) is 4.79 Å². The van der Waals surface area contributed by atoms with Gasteiger partial charge in [-0.2, -0.15) is 0 Å².